The highest BCUT2D eigenvalue weighted by Crippen LogP contribution is 2.25. The largest absolute Gasteiger partial charge is 0.573 e. The van der Waals surface area contributed by atoms with Crippen molar-refractivity contribution >= 4 is 11.6 Å². The lowest BCUT2D eigenvalue weighted by atomic mass is 10.0. The topological polar surface area (TPSA) is 79.9 Å². The Hall–Kier alpha value is -2.74. The summed E-state index contributed by atoms with van der Waals surface area (Å²) in [5, 5.41) is 12.7. The number of aryl methyl sites for hydroxylation is 2. The number of hydrogen-bond acceptors (Lipinski definition) is 3. The lowest BCUT2D eigenvalue weighted by molar-refractivity contribution is -0.274. The average molecular weight is 407 g/mol. The van der Waals surface area contributed by atoms with Crippen LogP contribution in [-0.2, 0) is 19.3 Å². The number of aliphatic imine (C=N–C) groups is 1. The van der Waals surface area contributed by atoms with Crippen molar-refractivity contribution in [3.8, 4) is 5.75 Å². The van der Waals surface area contributed by atoms with Gasteiger partial charge in [-0.25, -0.2) is 0 Å². The van der Waals surface area contributed by atoms with E-state index in [1.54, 1.807) is 12.1 Å². The molecule has 1 aliphatic carbocycles. The molecule has 1 unspecified atom stereocenters. The van der Waals surface area contributed by atoms with Crippen LogP contribution in [0.5, 0.6) is 5.75 Å². The molecule has 0 saturated carbocycles. The molecule has 0 aliphatic heterocycles. The summed E-state index contributed by atoms with van der Waals surface area (Å²) in [6, 6.07) is 11.7. The first-order chi connectivity index (χ1) is 13.8. The van der Waals surface area contributed by atoms with E-state index in [0.717, 1.165) is 24.1 Å². The first-order valence-corrected chi connectivity index (χ1v) is 9.46. The quantitative estimate of drug-likeness (QED) is 0.484. The fourth-order valence-electron chi connectivity index (χ4n) is 3.41. The smallest absolute Gasteiger partial charge is 0.406 e. The SMILES string of the molecule is NC(=NCC(CO)Cc1ccc(OC(F)(F)F)cc1)Nc1ccc2c(c1)CCC2. The number of benzene rings is 2. The Morgan fingerprint density at radius 2 is 1.86 bits per heavy atom. The number of halogens is 3. The maximum atomic E-state index is 12.2. The van der Waals surface area contributed by atoms with Gasteiger partial charge in [0.2, 0.25) is 0 Å². The van der Waals surface area contributed by atoms with E-state index in [1.165, 1.54) is 29.7 Å². The molecule has 29 heavy (non-hydrogen) atoms. The second-order valence-corrected chi connectivity index (χ2v) is 7.13. The van der Waals surface area contributed by atoms with Gasteiger partial charge in [0.05, 0.1) is 0 Å². The van der Waals surface area contributed by atoms with E-state index in [4.69, 9.17) is 5.73 Å². The predicted molar refractivity (Wildman–Crippen MR) is 106 cm³/mol. The van der Waals surface area contributed by atoms with Crippen LogP contribution in [0.25, 0.3) is 0 Å². The summed E-state index contributed by atoms with van der Waals surface area (Å²) in [5.74, 6) is -0.220. The van der Waals surface area contributed by atoms with Crippen LogP contribution in [-0.4, -0.2) is 30.6 Å². The summed E-state index contributed by atoms with van der Waals surface area (Å²) in [6.07, 6.45) is -0.905. The number of anilines is 1. The molecule has 8 heteroatoms. The molecule has 3 rings (SSSR count). The fraction of sp³-hybridized carbons (Fsp3) is 0.381. The Morgan fingerprint density at radius 1 is 1.14 bits per heavy atom. The van der Waals surface area contributed by atoms with Gasteiger partial charge in [-0.2, -0.15) is 0 Å². The lowest BCUT2D eigenvalue weighted by Gasteiger charge is -2.14. The van der Waals surface area contributed by atoms with E-state index in [2.05, 4.69) is 27.2 Å². The number of ether oxygens (including phenoxy) is 1. The van der Waals surface area contributed by atoms with Crippen molar-refractivity contribution in [1.29, 1.82) is 0 Å². The number of aliphatic hydroxyl groups is 1. The third-order valence-electron chi connectivity index (χ3n) is 4.83. The summed E-state index contributed by atoms with van der Waals surface area (Å²) in [6.45, 7) is 0.178. The predicted octanol–water partition coefficient (Wildman–Crippen LogP) is 3.65. The number of alkyl halides is 3. The summed E-state index contributed by atoms with van der Waals surface area (Å²) < 4.78 is 40.5. The van der Waals surface area contributed by atoms with Crippen molar-refractivity contribution in [2.24, 2.45) is 16.6 Å². The fourth-order valence-corrected chi connectivity index (χ4v) is 3.41. The lowest BCUT2D eigenvalue weighted by Crippen LogP contribution is -2.25. The molecular weight excluding hydrogens is 383 g/mol. The number of aliphatic hydroxyl groups excluding tert-OH is 1. The Balaban J connectivity index is 1.53. The molecule has 0 radical (unpaired) electrons. The number of nitrogens with zero attached hydrogens (tertiary/aromatic N) is 1. The van der Waals surface area contributed by atoms with E-state index in [1.807, 2.05) is 6.07 Å². The highest BCUT2D eigenvalue weighted by atomic mass is 19.4. The molecule has 0 bridgehead atoms. The molecule has 0 aromatic heterocycles. The third-order valence-corrected chi connectivity index (χ3v) is 4.83. The first-order valence-electron chi connectivity index (χ1n) is 9.46. The summed E-state index contributed by atoms with van der Waals surface area (Å²) >= 11 is 0. The van der Waals surface area contributed by atoms with Crippen LogP contribution in [0.1, 0.15) is 23.1 Å². The summed E-state index contributed by atoms with van der Waals surface area (Å²) in [4.78, 5) is 4.30. The molecule has 156 valence electrons. The molecule has 0 heterocycles. The van der Waals surface area contributed by atoms with E-state index in [0.29, 0.717) is 13.0 Å². The monoisotopic (exact) mass is 407 g/mol. The van der Waals surface area contributed by atoms with Crippen LogP contribution in [0.2, 0.25) is 0 Å². The normalized spacial score (nSPS) is 15.1. The Kier molecular flexibility index (Phi) is 6.64. The van der Waals surface area contributed by atoms with Crippen molar-refractivity contribution in [3.63, 3.8) is 0 Å². The van der Waals surface area contributed by atoms with E-state index in [-0.39, 0.29) is 24.2 Å². The van der Waals surface area contributed by atoms with Gasteiger partial charge in [0.25, 0.3) is 0 Å². The Morgan fingerprint density at radius 3 is 2.55 bits per heavy atom. The van der Waals surface area contributed by atoms with E-state index >= 15 is 0 Å². The molecule has 0 amide bonds. The second-order valence-electron chi connectivity index (χ2n) is 7.13. The molecule has 0 fully saturated rings. The highest BCUT2D eigenvalue weighted by Gasteiger charge is 2.30. The van der Waals surface area contributed by atoms with Gasteiger partial charge < -0.3 is 20.9 Å². The molecule has 2 aromatic carbocycles. The summed E-state index contributed by atoms with van der Waals surface area (Å²) in [7, 11) is 0. The van der Waals surface area contributed by atoms with E-state index in [9.17, 15) is 18.3 Å². The number of guanidine groups is 1. The molecule has 4 N–H and O–H groups in total. The average Bonchev–Trinajstić information content (AvgIpc) is 3.13. The van der Waals surface area contributed by atoms with Gasteiger partial charge in [-0.1, -0.05) is 18.2 Å². The molecular formula is C21H24F3N3O2. The molecule has 0 spiro atoms. The zero-order chi connectivity index (χ0) is 20.9. The maximum absolute atomic E-state index is 12.2. The minimum absolute atomic E-state index is 0.115. The van der Waals surface area contributed by atoms with Crippen molar-refractivity contribution in [1.82, 2.24) is 0 Å². The van der Waals surface area contributed by atoms with Gasteiger partial charge in [-0.3, -0.25) is 4.99 Å². The van der Waals surface area contributed by atoms with Crippen molar-refractivity contribution < 1.29 is 23.0 Å². The van der Waals surface area contributed by atoms with Crippen molar-refractivity contribution in [2.75, 3.05) is 18.5 Å². The molecule has 2 aromatic rings. The number of nitrogens with one attached hydrogen (secondary N) is 1. The van der Waals surface area contributed by atoms with E-state index < -0.39 is 6.36 Å². The Bertz CT molecular complexity index is 851. The van der Waals surface area contributed by atoms with Crippen LogP contribution in [0.4, 0.5) is 18.9 Å². The summed E-state index contributed by atoms with van der Waals surface area (Å²) in [5.41, 5.74) is 10.3. The standard InChI is InChI=1S/C21H24F3N3O2/c22-21(23,24)29-19-8-4-14(5-9-19)10-15(13-28)12-26-20(25)27-18-7-6-16-2-1-3-17(16)11-18/h4-9,11,15,28H,1-3,10,12-13H2,(H3,25,26,27). The molecule has 1 atom stereocenters. The molecule has 0 saturated heterocycles. The van der Waals surface area contributed by atoms with Crippen molar-refractivity contribution in [3.05, 3.63) is 59.2 Å². The second kappa shape index (κ2) is 9.17. The Labute approximate surface area is 167 Å². The number of fused-ring (bicyclic) bond motifs is 1. The van der Waals surface area contributed by atoms with Gasteiger partial charge in [0.15, 0.2) is 5.96 Å². The third kappa shape index (κ3) is 6.39. The highest BCUT2D eigenvalue weighted by molar-refractivity contribution is 5.92. The molecule has 1 aliphatic rings. The van der Waals surface area contributed by atoms with Crippen LogP contribution >= 0.6 is 0 Å². The number of nitrogens with two attached hydrogens (primary N) is 1. The first kappa shape index (κ1) is 21.0. The van der Waals surface area contributed by atoms with Crippen molar-refractivity contribution in [2.45, 2.75) is 32.0 Å². The maximum Gasteiger partial charge on any atom is 0.573 e. The van der Waals surface area contributed by atoms with Gasteiger partial charge >= 0.3 is 6.36 Å². The van der Waals surface area contributed by atoms with Crippen LogP contribution in [0.15, 0.2) is 47.5 Å². The van der Waals surface area contributed by atoms with Crippen LogP contribution in [0.3, 0.4) is 0 Å². The van der Waals surface area contributed by atoms with Gasteiger partial charge in [0.1, 0.15) is 5.75 Å². The van der Waals surface area contributed by atoms with Gasteiger partial charge in [0, 0.05) is 24.8 Å². The van der Waals surface area contributed by atoms with Gasteiger partial charge in [-0.15, -0.1) is 13.2 Å². The van der Waals surface area contributed by atoms with Crippen LogP contribution in [0, 0.1) is 5.92 Å². The van der Waals surface area contributed by atoms with Crippen LogP contribution < -0.4 is 15.8 Å². The zero-order valence-electron chi connectivity index (χ0n) is 15.9. The number of rotatable bonds is 7. The zero-order valence-corrected chi connectivity index (χ0v) is 15.9. The number of hydrogen-bond donors (Lipinski definition) is 3. The minimum Gasteiger partial charge on any atom is -0.406 e. The minimum atomic E-state index is -4.72. The van der Waals surface area contributed by atoms with Gasteiger partial charge in [-0.05, 0) is 66.6 Å². The molecule has 5 nitrogen and oxygen atoms in total.